The largest absolute Gasteiger partial charge is 0.459 e. The second-order valence-electron chi connectivity index (χ2n) is 5.93. The summed E-state index contributed by atoms with van der Waals surface area (Å²) in [7, 11) is 0. The fourth-order valence-electron chi connectivity index (χ4n) is 2.47. The third-order valence-corrected chi connectivity index (χ3v) is 4.01. The predicted molar refractivity (Wildman–Crippen MR) is 81.7 cm³/mol. The third kappa shape index (κ3) is 4.07. The van der Waals surface area contributed by atoms with E-state index in [2.05, 4.69) is 5.32 Å². The van der Waals surface area contributed by atoms with E-state index in [1.54, 1.807) is 24.3 Å². The SMILES string of the molecule is O=C(OCC1CCCCO1)c1ccc(NC(=O)C2CC2)cc1. The first kappa shape index (κ1) is 15.0. The molecule has 0 spiro atoms. The van der Waals surface area contributed by atoms with Gasteiger partial charge in [-0.25, -0.2) is 4.79 Å². The Bertz CT molecular complexity index is 530. The molecule has 2 fully saturated rings. The summed E-state index contributed by atoms with van der Waals surface area (Å²) in [5, 5.41) is 2.84. The van der Waals surface area contributed by atoms with Gasteiger partial charge in [0.25, 0.3) is 0 Å². The van der Waals surface area contributed by atoms with Crippen LogP contribution in [0.25, 0.3) is 0 Å². The van der Waals surface area contributed by atoms with E-state index < -0.39 is 0 Å². The molecule has 1 heterocycles. The van der Waals surface area contributed by atoms with Crippen molar-refractivity contribution in [2.75, 3.05) is 18.5 Å². The van der Waals surface area contributed by atoms with Crippen molar-refractivity contribution in [3.8, 4) is 0 Å². The molecule has 0 radical (unpaired) electrons. The van der Waals surface area contributed by atoms with Gasteiger partial charge in [0.1, 0.15) is 6.61 Å². The number of benzene rings is 1. The minimum absolute atomic E-state index is 0.0230. The molecule has 1 saturated heterocycles. The molecular weight excluding hydrogens is 282 g/mol. The third-order valence-electron chi connectivity index (χ3n) is 4.01. The van der Waals surface area contributed by atoms with Crippen molar-refractivity contribution >= 4 is 17.6 Å². The monoisotopic (exact) mass is 303 g/mol. The van der Waals surface area contributed by atoms with E-state index >= 15 is 0 Å². The van der Waals surface area contributed by atoms with Crippen LogP contribution in [0.2, 0.25) is 0 Å². The molecular formula is C17H21NO4. The van der Waals surface area contributed by atoms with E-state index in [0.29, 0.717) is 17.9 Å². The van der Waals surface area contributed by atoms with Gasteiger partial charge in [-0.3, -0.25) is 4.79 Å². The van der Waals surface area contributed by atoms with Crippen LogP contribution in [0.3, 0.4) is 0 Å². The number of carbonyl (C=O) groups excluding carboxylic acids is 2. The second kappa shape index (κ2) is 6.92. The molecule has 1 amide bonds. The number of rotatable bonds is 5. The molecule has 22 heavy (non-hydrogen) atoms. The molecule has 1 saturated carbocycles. The minimum atomic E-state index is -0.353. The van der Waals surface area contributed by atoms with E-state index in [-0.39, 0.29) is 23.9 Å². The molecule has 1 N–H and O–H groups in total. The lowest BCUT2D eigenvalue weighted by atomic mass is 10.1. The van der Waals surface area contributed by atoms with Crippen molar-refractivity contribution < 1.29 is 19.1 Å². The highest BCUT2D eigenvalue weighted by Crippen LogP contribution is 2.30. The van der Waals surface area contributed by atoms with Gasteiger partial charge >= 0.3 is 5.97 Å². The fourth-order valence-corrected chi connectivity index (χ4v) is 2.47. The van der Waals surface area contributed by atoms with E-state index in [1.807, 2.05) is 0 Å². The van der Waals surface area contributed by atoms with Crippen LogP contribution in [-0.4, -0.2) is 31.2 Å². The van der Waals surface area contributed by atoms with Crippen LogP contribution in [0, 0.1) is 5.92 Å². The molecule has 1 aromatic rings. The summed E-state index contributed by atoms with van der Waals surface area (Å²) < 4.78 is 10.8. The molecule has 1 aromatic carbocycles. The van der Waals surface area contributed by atoms with Crippen LogP contribution in [-0.2, 0) is 14.3 Å². The molecule has 1 aliphatic carbocycles. The zero-order valence-corrected chi connectivity index (χ0v) is 12.5. The van der Waals surface area contributed by atoms with Crippen molar-refractivity contribution in [1.29, 1.82) is 0 Å². The lowest BCUT2D eigenvalue weighted by Gasteiger charge is -2.22. The van der Waals surface area contributed by atoms with Crippen LogP contribution >= 0.6 is 0 Å². The lowest BCUT2D eigenvalue weighted by Crippen LogP contribution is -2.25. The highest BCUT2D eigenvalue weighted by atomic mass is 16.6. The van der Waals surface area contributed by atoms with Crippen molar-refractivity contribution in [1.82, 2.24) is 0 Å². The summed E-state index contributed by atoms with van der Waals surface area (Å²) in [4.78, 5) is 23.6. The van der Waals surface area contributed by atoms with Gasteiger partial charge in [0.05, 0.1) is 11.7 Å². The van der Waals surface area contributed by atoms with Crippen molar-refractivity contribution in [2.45, 2.75) is 38.2 Å². The molecule has 118 valence electrons. The maximum absolute atomic E-state index is 12.0. The van der Waals surface area contributed by atoms with Gasteiger partial charge in [-0.15, -0.1) is 0 Å². The average Bonchev–Trinajstić information content (AvgIpc) is 3.39. The summed E-state index contributed by atoms with van der Waals surface area (Å²) in [6, 6.07) is 6.81. The maximum Gasteiger partial charge on any atom is 0.338 e. The number of hydrogen-bond donors (Lipinski definition) is 1. The van der Waals surface area contributed by atoms with Gasteiger partial charge in [-0.05, 0) is 56.4 Å². The lowest BCUT2D eigenvalue weighted by molar-refractivity contribution is -0.117. The van der Waals surface area contributed by atoms with E-state index in [1.165, 1.54) is 0 Å². The maximum atomic E-state index is 12.0. The summed E-state index contributed by atoms with van der Waals surface area (Å²) in [6.07, 6.45) is 5.11. The minimum Gasteiger partial charge on any atom is -0.459 e. The highest BCUT2D eigenvalue weighted by Gasteiger charge is 2.29. The van der Waals surface area contributed by atoms with E-state index in [0.717, 1.165) is 38.7 Å². The normalized spacial score (nSPS) is 21.2. The Hall–Kier alpha value is -1.88. The summed E-state index contributed by atoms with van der Waals surface area (Å²) in [6.45, 7) is 1.05. The van der Waals surface area contributed by atoms with Crippen molar-refractivity contribution in [3.63, 3.8) is 0 Å². The van der Waals surface area contributed by atoms with Crippen molar-refractivity contribution in [3.05, 3.63) is 29.8 Å². The van der Waals surface area contributed by atoms with Gasteiger partial charge in [0.15, 0.2) is 0 Å². The summed E-state index contributed by atoms with van der Waals surface area (Å²) in [5.41, 5.74) is 1.20. The van der Waals surface area contributed by atoms with E-state index in [4.69, 9.17) is 9.47 Å². The standard InChI is InChI=1S/C17H21NO4/c19-16(12-4-5-12)18-14-8-6-13(7-9-14)17(20)22-11-15-3-1-2-10-21-15/h6-9,12,15H,1-5,10-11H2,(H,18,19). The van der Waals surface area contributed by atoms with Crippen LogP contribution in [0.15, 0.2) is 24.3 Å². The number of esters is 1. The number of nitrogens with one attached hydrogen (secondary N) is 1. The number of anilines is 1. The molecule has 5 nitrogen and oxygen atoms in total. The molecule has 1 atom stereocenters. The molecule has 1 aliphatic heterocycles. The Balaban J connectivity index is 1.48. The zero-order valence-electron chi connectivity index (χ0n) is 12.5. The number of carbonyl (C=O) groups is 2. The molecule has 2 aliphatic rings. The topological polar surface area (TPSA) is 64.6 Å². The van der Waals surface area contributed by atoms with Crippen LogP contribution < -0.4 is 5.32 Å². The molecule has 5 heteroatoms. The Labute approximate surface area is 130 Å². The quantitative estimate of drug-likeness (QED) is 0.850. The number of hydrogen-bond acceptors (Lipinski definition) is 4. The Kier molecular flexibility index (Phi) is 4.73. The number of amides is 1. The first-order valence-electron chi connectivity index (χ1n) is 7.92. The number of ether oxygens (including phenoxy) is 2. The zero-order chi connectivity index (χ0) is 15.4. The van der Waals surface area contributed by atoms with Crippen LogP contribution in [0.4, 0.5) is 5.69 Å². The average molecular weight is 303 g/mol. The first-order chi connectivity index (χ1) is 10.7. The van der Waals surface area contributed by atoms with Crippen molar-refractivity contribution in [2.24, 2.45) is 5.92 Å². The van der Waals surface area contributed by atoms with E-state index in [9.17, 15) is 9.59 Å². The predicted octanol–water partition coefficient (Wildman–Crippen LogP) is 2.76. The summed E-state index contributed by atoms with van der Waals surface area (Å²) in [5.74, 6) is -0.126. The Morgan fingerprint density at radius 1 is 1.14 bits per heavy atom. The molecule has 1 unspecified atom stereocenters. The van der Waals surface area contributed by atoms with Gasteiger partial charge in [0.2, 0.25) is 5.91 Å². The smallest absolute Gasteiger partial charge is 0.338 e. The molecule has 0 aromatic heterocycles. The van der Waals surface area contributed by atoms with Gasteiger partial charge in [-0.1, -0.05) is 0 Å². The van der Waals surface area contributed by atoms with Crippen LogP contribution in [0.5, 0.6) is 0 Å². The fraction of sp³-hybridized carbons (Fsp3) is 0.529. The first-order valence-corrected chi connectivity index (χ1v) is 7.92. The highest BCUT2D eigenvalue weighted by molar-refractivity contribution is 5.95. The molecule has 3 rings (SSSR count). The second-order valence-corrected chi connectivity index (χ2v) is 5.93. The van der Waals surface area contributed by atoms with Crippen LogP contribution in [0.1, 0.15) is 42.5 Å². The van der Waals surface area contributed by atoms with Gasteiger partial charge in [-0.2, -0.15) is 0 Å². The molecule has 0 bridgehead atoms. The van der Waals surface area contributed by atoms with Gasteiger partial charge in [0, 0.05) is 18.2 Å². The van der Waals surface area contributed by atoms with Gasteiger partial charge < -0.3 is 14.8 Å². The Morgan fingerprint density at radius 2 is 1.91 bits per heavy atom. The Morgan fingerprint density at radius 3 is 2.55 bits per heavy atom. The summed E-state index contributed by atoms with van der Waals surface area (Å²) >= 11 is 0.